The summed E-state index contributed by atoms with van der Waals surface area (Å²) in [6.45, 7) is 0.581. The van der Waals surface area contributed by atoms with Gasteiger partial charge in [0.25, 0.3) is 0 Å². The molecule has 2 heterocycles. The van der Waals surface area contributed by atoms with Crippen molar-refractivity contribution < 1.29 is 14.0 Å². The van der Waals surface area contributed by atoms with Crippen LogP contribution in [-0.2, 0) is 22.7 Å². The van der Waals surface area contributed by atoms with Crippen LogP contribution in [0.25, 0.3) is 0 Å². The molecular formula is C17H17FN2O2S. The van der Waals surface area contributed by atoms with Crippen LogP contribution in [0.4, 0.5) is 4.39 Å². The molecule has 23 heavy (non-hydrogen) atoms. The number of likely N-dealkylation sites (tertiary alicyclic amines) is 1. The smallest absolute Gasteiger partial charge is 0.243 e. The van der Waals surface area contributed by atoms with E-state index in [2.05, 4.69) is 5.32 Å². The highest BCUT2D eigenvalue weighted by Gasteiger charge is 2.35. The molecule has 1 aromatic heterocycles. The minimum atomic E-state index is -0.476. The molecule has 0 spiro atoms. The quantitative estimate of drug-likeness (QED) is 0.915. The summed E-state index contributed by atoms with van der Waals surface area (Å²) in [4.78, 5) is 27.1. The molecule has 1 aromatic carbocycles. The summed E-state index contributed by atoms with van der Waals surface area (Å²) in [5, 5.41) is 4.69. The zero-order valence-electron chi connectivity index (χ0n) is 12.5. The first kappa shape index (κ1) is 15.7. The lowest BCUT2D eigenvalue weighted by molar-refractivity contribution is -0.135. The van der Waals surface area contributed by atoms with Crippen molar-refractivity contribution in [3.8, 4) is 0 Å². The van der Waals surface area contributed by atoms with E-state index in [-0.39, 0.29) is 24.2 Å². The van der Waals surface area contributed by atoms with Gasteiger partial charge in [0.2, 0.25) is 11.8 Å². The first-order chi connectivity index (χ1) is 11.1. The first-order valence-corrected chi connectivity index (χ1v) is 8.36. The second-order valence-electron chi connectivity index (χ2n) is 5.46. The van der Waals surface area contributed by atoms with Crippen molar-refractivity contribution in [1.82, 2.24) is 10.2 Å². The fourth-order valence-corrected chi connectivity index (χ4v) is 3.42. The number of carbonyl (C=O) groups is 2. The minimum Gasteiger partial charge on any atom is -0.350 e. The predicted molar refractivity (Wildman–Crippen MR) is 86.1 cm³/mol. The van der Waals surface area contributed by atoms with Gasteiger partial charge in [0.15, 0.2) is 0 Å². The third-order valence-corrected chi connectivity index (χ3v) is 4.81. The molecule has 120 valence electrons. The Hall–Kier alpha value is -2.21. The summed E-state index contributed by atoms with van der Waals surface area (Å²) in [6.07, 6.45) is 0.885. The Morgan fingerprint density at radius 2 is 2.13 bits per heavy atom. The molecule has 2 aromatic rings. The van der Waals surface area contributed by atoms with Crippen LogP contribution >= 0.6 is 11.3 Å². The summed E-state index contributed by atoms with van der Waals surface area (Å²) in [5.41, 5.74) is 0.440. The van der Waals surface area contributed by atoms with Crippen molar-refractivity contribution in [2.45, 2.75) is 32.0 Å². The lowest BCUT2D eigenvalue weighted by atomic mass is 10.1. The molecule has 0 aliphatic carbocycles. The summed E-state index contributed by atoms with van der Waals surface area (Å²) >= 11 is 1.56. The van der Waals surface area contributed by atoms with Gasteiger partial charge in [-0.25, -0.2) is 4.39 Å². The molecule has 1 saturated heterocycles. The minimum absolute atomic E-state index is 0.00978. The van der Waals surface area contributed by atoms with Crippen LogP contribution in [0.2, 0.25) is 0 Å². The largest absolute Gasteiger partial charge is 0.350 e. The van der Waals surface area contributed by atoms with Crippen molar-refractivity contribution in [3.63, 3.8) is 0 Å². The molecule has 0 bridgehead atoms. The van der Waals surface area contributed by atoms with Crippen molar-refractivity contribution in [2.24, 2.45) is 0 Å². The Morgan fingerprint density at radius 1 is 1.30 bits per heavy atom. The van der Waals surface area contributed by atoms with Crippen LogP contribution in [0.5, 0.6) is 0 Å². The van der Waals surface area contributed by atoms with Gasteiger partial charge in [-0.3, -0.25) is 9.59 Å². The van der Waals surface area contributed by atoms with E-state index in [1.165, 1.54) is 6.07 Å². The molecule has 1 fully saturated rings. The predicted octanol–water partition coefficient (Wildman–Crippen LogP) is 2.69. The fraction of sp³-hybridized carbons (Fsp3) is 0.294. The maximum absolute atomic E-state index is 13.6. The van der Waals surface area contributed by atoms with Crippen LogP contribution in [0.1, 0.15) is 23.3 Å². The van der Waals surface area contributed by atoms with Crippen LogP contribution < -0.4 is 5.32 Å². The average molecular weight is 332 g/mol. The van der Waals surface area contributed by atoms with Gasteiger partial charge in [0.05, 0.1) is 6.54 Å². The van der Waals surface area contributed by atoms with Crippen molar-refractivity contribution in [1.29, 1.82) is 0 Å². The lowest BCUT2D eigenvalue weighted by Crippen LogP contribution is -2.44. The Labute approximate surface area is 137 Å². The van der Waals surface area contributed by atoms with E-state index in [9.17, 15) is 14.0 Å². The van der Waals surface area contributed by atoms with Gasteiger partial charge in [0.1, 0.15) is 11.9 Å². The summed E-state index contributed by atoms with van der Waals surface area (Å²) in [5.74, 6) is -0.578. The van der Waals surface area contributed by atoms with Gasteiger partial charge in [-0.05, 0) is 23.9 Å². The van der Waals surface area contributed by atoms with Crippen molar-refractivity contribution in [2.75, 3.05) is 0 Å². The van der Waals surface area contributed by atoms with E-state index in [0.29, 0.717) is 24.9 Å². The van der Waals surface area contributed by atoms with Crippen LogP contribution in [0, 0.1) is 5.82 Å². The van der Waals surface area contributed by atoms with Crippen LogP contribution in [0.3, 0.4) is 0 Å². The number of thiophene rings is 1. The van der Waals surface area contributed by atoms with Gasteiger partial charge in [-0.2, -0.15) is 0 Å². The molecule has 6 heteroatoms. The van der Waals surface area contributed by atoms with Gasteiger partial charge < -0.3 is 10.2 Å². The normalized spacial score (nSPS) is 17.5. The van der Waals surface area contributed by atoms with E-state index in [1.54, 1.807) is 34.4 Å². The highest BCUT2D eigenvalue weighted by Crippen LogP contribution is 2.23. The number of hydrogen-bond donors (Lipinski definition) is 1. The molecule has 1 unspecified atom stereocenters. The Morgan fingerprint density at radius 3 is 2.87 bits per heavy atom. The van der Waals surface area contributed by atoms with Gasteiger partial charge >= 0.3 is 0 Å². The Bertz CT molecular complexity index is 702. The van der Waals surface area contributed by atoms with Crippen LogP contribution in [0.15, 0.2) is 41.8 Å². The Balaban J connectivity index is 1.63. The first-order valence-electron chi connectivity index (χ1n) is 7.48. The molecule has 1 aliphatic heterocycles. The fourth-order valence-electron chi connectivity index (χ4n) is 2.72. The van der Waals surface area contributed by atoms with E-state index < -0.39 is 6.04 Å². The SMILES string of the molecule is O=C(NCc1ccccc1F)C1CCC(=O)N1Cc1cccs1. The number of hydrogen-bond acceptors (Lipinski definition) is 3. The second kappa shape index (κ2) is 6.91. The number of nitrogens with zero attached hydrogens (tertiary/aromatic N) is 1. The molecule has 1 aliphatic rings. The number of amides is 2. The van der Waals surface area contributed by atoms with E-state index in [1.807, 2.05) is 17.5 Å². The molecule has 2 amide bonds. The van der Waals surface area contributed by atoms with Gasteiger partial charge in [-0.15, -0.1) is 11.3 Å². The maximum Gasteiger partial charge on any atom is 0.243 e. The monoisotopic (exact) mass is 332 g/mol. The third-order valence-electron chi connectivity index (χ3n) is 3.95. The molecule has 1 N–H and O–H groups in total. The van der Waals surface area contributed by atoms with Gasteiger partial charge in [-0.1, -0.05) is 24.3 Å². The standard InChI is InChI=1S/C17H17FN2O2S/c18-14-6-2-1-4-12(14)10-19-17(22)15-7-8-16(21)20(15)11-13-5-3-9-23-13/h1-6,9,15H,7-8,10-11H2,(H,19,22). The summed E-state index contributed by atoms with van der Waals surface area (Å²) in [7, 11) is 0. The zero-order chi connectivity index (χ0) is 16.2. The Kier molecular flexibility index (Phi) is 4.71. The van der Waals surface area contributed by atoms with Crippen molar-refractivity contribution in [3.05, 3.63) is 58.0 Å². The number of benzene rings is 1. The molecule has 0 saturated carbocycles. The molecule has 3 rings (SSSR count). The van der Waals surface area contributed by atoms with Crippen molar-refractivity contribution >= 4 is 23.2 Å². The maximum atomic E-state index is 13.6. The average Bonchev–Trinajstić information content (AvgIpc) is 3.18. The van der Waals surface area contributed by atoms with E-state index >= 15 is 0 Å². The number of carbonyl (C=O) groups excluding carboxylic acids is 2. The molecule has 4 nitrogen and oxygen atoms in total. The van der Waals surface area contributed by atoms with E-state index in [4.69, 9.17) is 0 Å². The number of rotatable bonds is 5. The lowest BCUT2D eigenvalue weighted by Gasteiger charge is -2.23. The molecule has 0 radical (unpaired) electrons. The summed E-state index contributed by atoms with van der Waals surface area (Å²) < 4.78 is 13.6. The van der Waals surface area contributed by atoms with Gasteiger partial charge in [0, 0.05) is 23.4 Å². The highest BCUT2D eigenvalue weighted by atomic mass is 32.1. The van der Waals surface area contributed by atoms with Crippen LogP contribution in [-0.4, -0.2) is 22.8 Å². The number of halogens is 1. The topological polar surface area (TPSA) is 49.4 Å². The number of nitrogens with one attached hydrogen (secondary N) is 1. The summed E-state index contributed by atoms with van der Waals surface area (Å²) in [6, 6.07) is 9.74. The highest BCUT2D eigenvalue weighted by molar-refractivity contribution is 7.09. The third kappa shape index (κ3) is 3.59. The second-order valence-corrected chi connectivity index (χ2v) is 6.50. The molecule has 1 atom stereocenters. The molecular weight excluding hydrogens is 315 g/mol. The zero-order valence-corrected chi connectivity index (χ0v) is 13.3. The van der Waals surface area contributed by atoms with E-state index in [0.717, 1.165) is 4.88 Å².